The first-order chi connectivity index (χ1) is 12.6. The number of rotatable bonds is 5. The van der Waals surface area contributed by atoms with E-state index >= 15 is 0 Å². The maximum atomic E-state index is 13.6. The number of amides is 1. The fraction of sp³-hybridized carbons (Fsp3) is 0.381. The first-order valence-corrected chi connectivity index (χ1v) is 9.09. The second-order valence-corrected chi connectivity index (χ2v) is 7.02. The Labute approximate surface area is 152 Å². The van der Waals surface area contributed by atoms with Crippen LogP contribution in [0.1, 0.15) is 49.1 Å². The lowest BCUT2D eigenvalue weighted by molar-refractivity contribution is -0.117. The number of hydrogen-bond acceptors (Lipinski definition) is 2. The second kappa shape index (κ2) is 8.41. The summed E-state index contributed by atoms with van der Waals surface area (Å²) in [4.78, 5) is 12.2. The molecule has 3 N–H and O–H groups in total. The van der Waals surface area contributed by atoms with Crippen molar-refractivity contribution in [1.29, 1.82) is 0 Å². The predicted molar refractivity (Wildman–Crippen MR) is 98.6 cm³/mol. The summed E-state index contributed by atoms with van der Waals surface area (Å²) < 4.78 is 26.8. The van der Waals surface area contributed by atoms with Gasteiger partial charge in [-0.3, -0.25) is 4.79 Å². The molecule has 0 aliphatic heterocycles. The molecule has 3 rings (SSSR count). The summed E-state index contributed by atoms with van der Waals surface area (Å²) in [6.07, 6.45) is 4.34. The fourth-order valence-corrected chi connectivity index (χ4v) is 3.69. The lowest BCUT2D eigenvalue weighted by Gasteiger charge is -2.28. The maximum Gasteiger partial charge on any atom is 0.224 e. The van der Waals surface area contributed by atoms with Crippen LogP contribution in [0.5, 0.6) is 0 Å². The number of anilines is 1. The SMILES string of the molecule is NCc1ccc(C2CCC(CC(=O)Nc3cccc(F)c3F)CC2)cc1. The van der Waals surface area contributed by atoms with E-state index in [-0.39, 0.29) is 17.5 Å². The first kappa shape index (κ1) is 18.5. The highest BCUT2D eigenvalue weighted by atomic mass is 19.2. The minimum absolute atomic E-state index is 0.0938. The number of halogens is 2. The Bertz CT molecular complexity index is 753. The van der Waals surface area contributed by atoms with Crippen molar-refractivity contribution in [3.05, 3.63) is 65.2 Å². The van der Waals surface area contributed by atoms with Crippen molar-refractivity contribution in [3.63, 3.8) is 0 Å². The molecule has 5 heteroatoms. The van der Waals surface area contributed by atoms with Gasteiger partial charge in [0.15, 0.2) is 11.6 Å². The molecule has 3 nitrogen and oxygen atoms in total. The standard InChI is InChI=1S/C21H24F2N2O/c22-18-2-1-3-19(21(18)23)25-20(26)12-14-4-8-16(9-5-14)17-10-6-15(13-24)7-11-17/h1-3,6-7,10-11,14,16H,4-5,8-9,12-13,24H2,(H,25,26). The Hall–Kier alpha value is -2.27. The van der Waals surface area contributed by atoms with Crippen LogP contribution < -0.4 is 11.1 Å². The van der Waals surface area contributed by atoms with Crippen LogP contribution in [0.2, 0.25) is 0 Å². The van der Waals surface area contributed by atoms with Gasteiger partial charge in [-0.05, 0) is 60.8 Å². The molecule has 1 fully saturated rings. The normalized spacial score (nSPS) is 20.0. The van der Waals surface area contributed by atoms with Crippen molar-refractivity contribution in [2.24, 2.45) is 11.7 Å². The molecule has 1 amide bonds. The molecule has 0 spiro atoms. The molecule has 2 aromatic carbocycles. The Balaban J connectivity index is 1.50. The third-order valence-electron chi connectivity index (χ3n) is 5.23. The molecule has 1 aliphatic carbocycles. The summed E-state index contributed by atoms with van der Waals surface area (Å²) >= 11 is 0. The van der Waals surface area contributed by atoms with E-state index in [4.69, 9.17) is 5.73 Å². The van der Waals surface area contributed by atoms with E-state index in [2.05, 4.69) is 29.6 Å². The monoisotopic (exact) mass is 358 g/mol. The molecule has 1 saturated carbocycles. The Kier molecular flexibility index (Phi) is 5.99. The minimum atomic E-state index is -1.01. The second-order valence-electron chi connectivity index (χ2n) is 7.02. The van der Waals surface area contributed by atoms with Gasteiger partial charge >= 0.3 is 0 Å². The van der Waals surface area contributed by atoms with Crippen LogP contribution in [0.3, 0.4) is 0 Å². The third-order valence-corrected chi connectivity index (χ3v) is 5.23. The van der Waals surface area contributed by atoms with Crippen molar-refractivity contribution < 1.29 is 13.6 Å². The smallest absolute Gasteiger partial charge is 0.224 e. The van der Waals surface area contributed by atoms with Crippen LogP contribution in [-0.4, -0.2) is 5.91 Å². The topological polar surface area (TPSA) is 55.1 Å². The van der Waals surface area contributed by atoms with Crippen LogP contribution in [0.25, 0.3) is 0 Å². The molecule has 26 heavy (non-hydrogen) atoms. The minimum Gasteiger partial charge on any atom is -0.326 e. The zero-order valence-electron chi connectivity index (χ0n) is 14.7. The quantitative estimate of drug-likeness (QED) is 0.812. The Morgan fingerprint density at radius 2 is 1.73 bits per heavy atom. The van der Waals surface area contributed by atoms with E-state index in [0.29, 0.717) is 18.9 Å². The zero-order valence-corrected chi connectivity index (χ0v) is 14.7. The van der Waals surface area contributed by atoms with Gasteiger partial charge in [0.2, 0.25) is 5.91 Å². The van der Waals surface area contributed by atoms with Gasteiger partial charge in [0.05, 0.1) is 5.69 Å². The van der Waals surface area contributed by atoms with Gasteiger partial charge in [0.1, 0.15) is 0 Å². The zero-order chi connectivity index (χ0) is 18.5. The van der Waals surface area contributed by atoms with Gasteiger partial charge in [-0.2, -0.15) is 0 Å². The molecular formula is C21H24F2N2O. The van der Waals surface area contributed by atoms with Crippen molar-refractivity contribution in [1.82, 2.24) is 0 Å². The lowest BCUT2D eigenvalue weighted by atomic mass is 9.77. The number of benzene rings is 2. The van der Waals surface area contributed by atoms with Crippen LogP contribution in [-0.2, 0) is 11.3 Å². The molecule has 0 unspecified atom stereocenters. The number of carbonyl (C=O) groups excluding carboxylic acids is 1. The predicted octanol–water partition coefficient (Wildman–Crippen LogP) is 4.73. The molecule has 0 heterocycles. The molecule has 1 aliphatic rings. The van der Waals surface area contributed by atoms with E-state index in [0.717, 1.165) is 37.3 Å². The highest BCUT2D eigenvalue weighted by molar-refractivity contribution is 5.90. The lowest BCUT2D eigenvalue weighted by Crippen LogP contribution is -2.21. The molecule has 0 saturated heterocycles. The van der Waals surface area contributed by atoms with E-state index < -0.39 is 11.6 Å². The van der Waals surface area contributed by atoms with Gasteiger partial charge in [0, 0.05) is 13.0 Å². The summed E-state index contributed by atoms with van der Waals surface area (Å²) in [7, 11) is 0. The Morgan fingerprint density at radius 3 is 2.38 bits per heavy atom. The molecule has 138 valence electrons. The largest absolute Gasteiger partial charge is 0.326 e. The van der Waals surface area contributed by atoms with Crippen molar-refractivity contribution >= 4 is 11.6 Å². The van der Waals surface area contributed by atoms with E-state index in [1.807, 2.05) is 0 Å². The summed E-state index contributed by atoms with van der Waals surface area (Å²) in [5.74, 6) is -1.42. The number of hydrogen-bond donors (Lipinski definition) is 2. The van der Waals surface area contributed by atoms with Gasteiger partial charge in [-0.15, -0.1) is 0 Å². The Morgan fingerprint density at radius 1 is 1.04 bits per heavy atom. The van der Waals surface area contributed by atoms with Crippen LogP contribution in [0.15, 0.2) is 42.5 Å². The highest BCUT2D eigenvalue weighted by Crippen LogP contribution is 2.37. The highest BCUT2D eigenvalue weighted by Gasteiger charge is 2.24. The van der Waals surface area contributed by atoms with Crippen LogP contribution in [0.4, 0.5) is 14.5 Å². The fourth-order valence-electron chi connectivity index (χ4n) is 3.69. The molecule has 0 bridgehead atoms. The average Bonchev–Trinajstić information content (AvgIpc) is 2.66. The van der Waals surface area contributed by atoms with Gasteiger partial charge < -0.3 is 11.1 Å². The number of carbonyl (C=O) groups is 1. The van der Waals surface area contributed by atoms with Crippen molar-refractivity contribution in [3.8, 4) is 0 Å². The van der Waals surface area contributed by atoms with E-state index in [1.165, 1.54) is 17.7 Å². The third kappa shape index (κ3) is 4.47. The van der Waals surface area contributed by atoms with Gasteiger partial charge in [0.25, 0.3) is 0 Å². The summed E-state index contributed by atoms with van der Waals surface area (Å²) in [5, 5.41) is 2.49. The van der Waals surface area contributed by atoms with Crippen LogP contribution >= 0.6 is 0 Å². The summed E-state index contributed by atoms with van der Waals surface area (Å²) in [5.41, 5.74) is 7.99. The van der Waals surface area contributed by atoms with E-state index in [1.54, 1.807) is 0 Å². The molecule has 0 aromatic heterocycles. The van der Waals surface area contributed by atoms with Crippen LogP contribution in [0, 0.1) is 17.6 Å². The summed E-state index contributed by atoms with van der Waals surface area (Å²) in [6, 6.07) is 12.2. The molecule has 0 atom stereocenters. The van der Waals surface area contributed by atoms with Gasteiger partial charge in [-0.1, -0.05) is 30.3 Å². The number of nitrogens with one attached hydrogen (secondary N) is 1. The first-order valence-electron chi connectivity index (χ1n) is 9.09. The van der Waals surface area contributed by atoms with Crippen molar-refractivity contribution in [2.45, 2.75) is 44.6 Å². The molecule has 2 aromatic rings. The molecule has 0 radical (unpaired) electrons. The average molecular weight is 358 g/mol. The van der Waals surface area contributed by atoms with Crippen molar-refractivity contribution in [2.75, 3.05) is 5.32 Å². The van der Waals surface area contributed by atoms with E-state index in [9.17, 15) is 13.6 Å². The molecular weight excluding hydrogens is 334 g/mol. The van der Waals surface area contributed by atoms with Gasteiger partial charge in [-0.25, -0.2) is 8.78 Å². The summed E-state index contributed by atoms with van der Waals surface area (Å²) in [6.45, 7) is 0.550. The maximum absolute atomic E-state index is 13.6. The number of nitrogens with two attached hydrogens (primary N) is 1.